The van der Waals surface area contributed by atoms with E-state index in [1.165, 1.54) is 25.7 Å². The van der Waals surface area contributed by atoms with Crippen molar-refractivity contribution < 1.29 is 4.79 Å². The molecule has 1 atom stereocenters. The van der Waals surface area contributed by atoms with E-state index in [0.29, 0.717) is 11.7 Å². The van der Waals surface area contributed by atoms with Crippen LogP contribution in [0.4, 0.5) is 0 Å². The van der Waals surface area contributed by atoms with Gasteiger partial charge in [0.1, 0.15) is 5.78 Å². The van der Waals surface area contributed by atoms with Crippen molar-refractivity contribution in [3.63, 3.8) is 0 Å². The minimum Gasteiger partial charge on any atom is -0.299 e. The van der Waals surface area contributed by atoms with Gasteiger partial charge in [0.15, 0.2) is 0 Å². The molecule has 10 heavy (non-hydrogen) atoms. The zero-order valence-electron chi connectivity index (χ0n) is 6.31. The van der Waals surface area contributed by atoms with Crippen LogP contribution in [0.1, 0.15) is 38.5 Å². The molecule has 0 amide bonds. The number of ketones is 1. The average molecular weight is 138 g/mol. The molecule has 0 aromatic carbocycles. The van der Waals surface area contributed by atoms with Crippen LogP contribution in [0.25, 0.3) is 0 Å². The van der Waals surface area contributed by atoms with E-state index in [2.05, 4.69) is 0 Å². The number of Topliss-reactive ketones (excluding diaryl/α,β-unsaturated/α-hetero) is 1. The van der Waals surface area contributed by atoms with Crippen LogP contribution in [0.5, 0.6) is 0 Å². The summed E-state index contributed by atoms with van der Waals surface area (Å²) in [4.78, 5) is 11.3. The predicted octanol–water partition coefficient (Wildman–Crippen LogP) is 2.16. The molecular formula is C9H14O. The zero-order valence-corrected chi connectivity index (χ0v) is 6.31. The summed E-state index contributed by atoms with van der Waals surface area (Å²) in [5, 5.41) is 0. The topological polar surface area (TPSA) is 17.1 Å². The standard InChI is InChI=1S/C9H14O/c10-9-4-2-1-3-8(9)7-5-6-7/h7-8H,1-6H2/t8-/m1/s1. The Hall–Kier alpha value is -0.330. The average Bonchev–Trinajstić information content (AvgIpc) is 2.71. The third-order valence-corrected chi connectivity index (χ3v) is 2.79. The molecule has 0 bridgehead atoms. The molecular weight excluding hydrogens is 124 g/mol. The Bertz CT molecular complexity index is 147. The quantitative estimate of drug-likeness (QED) is 0.542. The molecule has 0 N–H and O–H groups in total. The molecule has 2 rings (SSSR count). The highest BCUT2D eigenvalue weighted by molar-refractivity contribution is 5.82. The summed E-state index contributed by atoms with van der Waals surface area (Å²) < 4.78 is 0. The first-order chi connectivity index (χ1) is 4.88. The molecule has 0 unspecified atom stereocenters. The second-order valence-corrected chi connectivity index (χ2v) is 3.66. The number of hydrogen-bond acceptors (Lipinski definition) is 1. The minimum absolute atomic E-state index is 0.494. The Morgan fingerprint density at radius 3 is 2.50 bits per heavy atom. The lowest BCUT2D eigenvalue weighted by Crippen LogP contribution is -2.20. The van der Waals surface area contributed by atoms with Crippen molar-refractivity contribution in [2.24, 2.45) is 11.8 Å². The maximum Gasteiger partial charge on any atom is 0.136 e. The Kier molecular flexibility index (Phi) is 1.51. The molecule has 1 nitrogen and oxygen atoms in total. The Morgan fingerprint density at radius 2 is 1.90 bits per heavy atom. The van der Waals surface area contributed by atoms with Gasteiger partial charge in [-0.25, -0.2) is 0 Å². The van der Waals surface area contributed by atoms with Gasteiger partial charge in [-0.05, 0) is 31.6 Å². The summed E-state index contributed by atoms with van der Waals surface area (Å²) in [6.07, 6.45) is 7.19. The first kappa shape index (κ1) is 6.38. The number of carbonyl (C=O) groups excluding carboxylic acids is 1. The van der Waals surface area contributed by atoms with E-state index < -0.39 is 0 Å². The third kappa shape index (κ3) is 1.09. The van der Waals surface area contributed by atoms with Crippen molar-refractivity contribution in [3.8, 4) is 0 Å². The molecule has 2 saturated carbocycles. The first-order valence-electron chi connectivity index (χ1n) is 4.40. The Morgan fingerprint density at radius 1 is 1.10 bits per heavy atom. The van der Waals surface area contributed by atoms with E-state index in [-0.39, 0.29) is 0 Å². The highest BCUT2D eigenvalue weighted by Crippen LogP contribution is 2.42. The molecule has 56 valence electrons. The van der Waals surface area contributed by atoms with Crippen LogP contribution in [0.3, 0.4) is 0 Å². The van der Waals surface area contributed by atoms with Gasteiger partial charge in [-0.15, -0.1) is 0 Å². The maximum absolute atomic E-state index is 11.3. The first-order valence-corrected chi connectivity index (χ1v) is 4.40. The molecule has 0 aromatic heterocycles. The van der Waals surface area contributed by atoms with Gasteiger partial charge in [0.05, 0.1) is 0 Å². The van der Waals surface area contributed by atoms with E-state index in [9.17, 15) is 4.79 Å². The molecule has 0 aromatic rings. The summed E-state index contributed by atoms with van der Waals surface area (Å²) in [5.74, 6) is 1.87. The van der Waals surface area contributed by atoms with Gasteiger partial charge in [0.2, 0.25) is 0 Å². The van der Waals surface area contributed by atoms with Crippen LogP contribution >= 0.6 is 0 Å². The lowest BCUT2D eigenvalue weighted by atomic mass is 9.85. The van der Waals surface area contributed by atoms with E-state index in [4.69, 9.17) is 0 Å². The minimum atomic E-state index is 0.494. The number of carbonyl (C=O) groups is 1. The monoisotopic (exact) mass is 138 g/mol. The van der Waals surface area contributed by atoms with Crippen LogP contribution < -0.4 is 0 Å². The fourth-order valence-electron chi connectivity index (χ4n) is 2.01. The molecule has 0 radical (unpaired) electrons. The molecule has 0 spiro atoms. The molecule has 0 aliphatic heterocycles. The lowest BCUT2D eigenvalue weighted by Gasteiger charge is -2.19. The van der Waals surface area contributed by atoms with Gasteiger partial charge < -0.3 is 0 Å². The number of hydrogen-bond donors (Lipinski definition) is 0. The summed E-state index contributed by atoms with van der Waals surface area (Å²) in [6.45, 7) is 0. The summed E-state index contributed by atoms with van der Waals surface area (Å²) in [5.41, 5.74) is 0. The molecule has 0 heterocycles. The van der Waals surface area contributed by atoms with E-state index in [0.717, 1.165) is 18.8 Å². The van der Waals surface area contributed by atoms with Gasteiger partial charge in [0, 0.05) is 12.3 Å². The second-order valence-electron chi connectivity index (χ2n) is 3.66. The maximum atomic E-state index is 11.3. The third-order valence-electron chi connectivity index (χ3n) is 2.79. The van der Waals surface area contributed by atoms with Crippen molar-refractivity contribution in [1.29, 1.82) is 0 Å². The van der Waals surface area contributed by atoms with Crippen molar-refractivity contribution in [2.45, 2.75) is 38.5 Å². The van der Waals surface area contributed by atoms with Gasteiger partial charge in [-0.3, -0.25) is 4.79 Å². The number of rotatable bonds is 1. The van der Waals surface area contributed by atoms with Crippen LogP contribution in [0.15, 0.2) is 0 Å². The highest BCUT2D eigenvalue weighted by Gasteiger charge is 2.36. The van der Waals surface area contributed by atoms with E-state index >= 15 is 0 Å². The fourth-order valence-corrected chi connectivity index (χ4v) is 2.01. The van der Waals surface area contributed by atoms with Crippen LogP contribution in [-0.2, 0) is 4.79 Å². The van der Waals surface area contributed by atoms with Crippen molar-refractivity contribution in [2.75, 3.05) is 0 Å². The van der Waals surface area contributed by atoms with E-state index in [1.54, 1.807) is 0 Å². The summed E-state index contributed by atoms with van der Waals surface area (Å²) in [7, 11) is 0. The SMILES string of the molecule is O=C1CCCC[C@@H]1C1CC1. The van der Waals surface area contributed by atoms with Crippen LogP contribution in [-0.4, -0.2) is 5.78 Å². The molecule has 2 fully saturated rings. The zero-order chi connectivity index (χ0) is 6.97. The second kappa shape index (κ2) is 2.37. The molecule has 2 aliphatic carbocycles. The van der Waals surface area contributed by atoms with Crippen LogP contribution in [0, 0.1) is 11.8 Å². The molecule has 0 saturated heterocycles. The molecule has 2 aliphatic rings. The van der Waals surface area contributed by atoms with Gasteiger partial charge >= 0.3 is 0 Å². The van der Waals surface area contributed by atoms with E-state index in [1.807, 2.05) is 0 Å². The van der Waals surface area contributed by atoms with Crippen LogP contribution in [0.2, 0.25) is 0 Å². The van der Waals surface area contributed by atoms with Gasteiger partial charge in [0.25, 0.3) is 0 Å². The Balaban J connectivity index is 1.96. The normalized spacial score (nSPS) is 34.4. The Labute approximate surface area is 61.8 Å². The molecule has 1 heteroatoms. The summed E-state index contributed by atoms with van der Waals surface area (Å²) in [6, 6.07) is 0. The fraction of sp³-hybridized carbons (Fsp3) is 0.889. The largest absolute Gasteiger partial charge is 0.299 e. The lowest BCUT2D eigenvalue weighted by molar-refractivity contribution is -0.125. The van der Waals surface area contributed by atoms with Gasteiger partial charge in [-0.1, -0.05) is 6.42 Å². The van der Waals surface area contributed by atoms with Crippen molar-refractivity contribution in [3.05, 3.63) is 0 Å². The van der Waals surface area contributed by atoms with Crippen molar-refractivity contribution in [1.82, 2.24) is 0 Å². The predicted molar refractivity (Wildman–Crippen MR) is 39.7 cm³/mol. The highest BCUT2D eigenvalue weighted by atomic mass is 16.1. The smallest absolute Gasteiger partial charge is 0.136 e. The van der Waals surface area contributed by atoms with Gasteiger partial charge in [-0.2, -0.15) is 0 Å². The summed E-state index contributed by atoms with van der Waals surface area (Å²) >= 11 is 0. The van der Waals surface area contributed by atoms with Crippen molar-refractivity contribution >= 4 is 5.78 Å².